The number of nitrogens with one attached hydrogen (secondary N) is 1. The molecule has 0 spiro atoms. The summed E-state index contributed by atoms with van der Waals surface area (Å²) in [4.78, 5) is 11.9. The van der Waals surface area contributed by atoms with Gasteiger partial charge < -0.3 is 15.6 Å². The highest BCUT2D eigenvalue weighted by Crippen LogP contribution is 2.21. The molecule has 1 amide bonds. The molecule has 0 saturated carbocycles. The first-order valence-electron chi connectivity index (χ1n) is 5.84. The molecule has 0 fully saturated rings. The number of alkyl halides is 3. The predicted octanol–water partition coefficient (Wildman–Crippen LogP) is 3.02. The molecule has 8 heteroatoms. The van der Waals surface area contributed by atoms with Gasteiger partial charge in [-0.2, -0.15) is 13.2 Å². The minimum absolute atomic E-state index is 0.195. The number of hydrogen-bond acceptors (Lipinski definition) is 2. The maximum Gasteiger partial charge on any atom is 0.406 e. The predicted molar refractivity (Wildman–Crippen MR) is 69.3 cm³/mol. The van der Waals surface area contributed by atoms with Crippen LogP contribution in [0.3, 0.4) is 0 Å². The van der Waals surface area contributed by atoms with Gasteiger partial charge in [0.25, 0.3) is 5.91 Å². The molecule has 21 heavy (non-hydrogen) atoms. The molecule has 1 aromatic carbocycles. The molecule has 0 atom stereocenters. The second-order valence-electron chi connectivity index (χ2n) is 4.33. The number of aromatic nitrogens is 1. The summed E-state index contributed by atoms with van der Waals surface area (Å²) in [6.07, 6.45) is -3.34. The molecule has 3 N–H and O–H groups in total. The van der Waals surface area contributed by atoms with Crippen LogP contribution in [0.5, 0.6) is 0 Å². The zero-order valence-corrected chi connectivity index (χ0v) is 10.6. The second-order valence-corrected chi connectivity index (χ2v) is 4.33. The van der Waals surface area contributed by atoms with E-state index in [9.17, 15) is 22.4 Å². The van der Waals surface area contributed by atoms with Crippen molar-refractivity contribution in [1.29, 1.82) is 0 Å². The van der Waals surface area contributed by atoms with Crippen LogP contribution in [0.1, 0.15) is 10.5 Å². The molecule has 0 bridgehead atoms. The molecule has 0 unspecified atom stereocenters. The Labute approximate surface area is 117 Å². The lowest BCUT2D eigenvalue weighted by Crippen LogP contribution is -2.23. The summed E-state index contributed by atoms with van der Waals surface area (Å²) in [6.45, 7) is -1.30. The molecule has 0 saturated heterocycles. The van der Waals surface area contributed by atoms with Crippen molar-refractivity contribution in [1.82, 2.24) is 4.57 Å². The van der Waals surface area contributed by atoms with Gasteiger partial charge in [-0.25, -0.2) is 4.39 Å². The molecule has 0 aliphatic heterocycles. The Hall–Kier alpha value is -2.51. The van der Waals surface area contributed by atoms with Crippen molar-refractivity contribution in [3.05, 3.63) is 48.0 Å². The zero-order valence-electron chi connectivity index (χ0n) is 10.6. The van der Waals surface area contributed by atoms with Crippen LogP contribution in [0.25, 0.3) is 0 Å². The highest BCUT2D eigenvalue weighted by Gasteiger charge is 2.29. The van der Waals surface area contributed by atoms with Gasteiger partial charge in [0, 0.05) is 11.9 Å². The number of rotatable bonds is 3. The second kappa shape index (κ2) is 5.47. The minimum Gasteiger partial charge on any atom is -0.399 e. The van der Waals surface area contributed by atoms with E-state index < -0.39 is 24.4 Å². The Balaban J connectivity index is 2.21. The number of nitrogens with zero attached hydrogens (tertiary/aromatic N) is 1. The first kappa shape index (κ1) is 14.9. The van der Waals surface area contributed by atoms with Gasteiger partial charge in [0.05, 0.1) is 5.69 Å². The summed E-state index contributed by atoms with van der Waals surface area (Å²) in [5.74, 6) is -1.58. The number of hydrogen-bond donors (Lipinski definition) is 2. The van der Waals surface area contributed by atoms with Gasteiger partial charge in [-0.1, -0.05) is 0 Å². The van der Waals surface area contributed by atoms with E-state index in [2.05, 4.69) is 5.32 Å². The number of carbonyl (C=O) groups excluding carboxylic acids is 1. The molecule has 4 nitrogen and oxygen atoms in total. The lowest BCUT2D eigenvalue weighted by molar-refractivity contribution is -0.140. The van der Waals surface area contributed by atoms with Crippen LogP contribution in [-0.2, 0) is 6.54 Å². The summed E-state index contributed by atoms with van der Waals surface area (Å²) in [5.41, 5.74) is 5.26. The Morgan fingerprint density at radius 1 is 1.29 bits per heavy atom. The lowest BCUT2D eigenvalue weighted by atomic mass is 10.2. The Bertz CT molecular complexity index is 664. The van der Waals surface area contributed by atoms with Crippen LogP contribution in [-0.4, -0.2) is 16.7 Å². The molecule has 2 rings (SSSR count). The Morgan fingerprint density at radius 3 is 2.67 bits per heavy atom. The van der Waals surface area contributed by atoms with E-state index >= 15 is 0 Å². The molecule has 2 aromatic rings. The van der Waals surface area contributed by atoms with Gasteiger partial charge in [-0.05, 0) is 30.3 Å². The highest BCUT2D eigenvalue weighted by atomic mass is 19.4. The Kier molecular flexibility index (Phi) is 3.88. The van der Waals surface area contributed by atoms with Crippen LogP contribution in [0.2, 0.25) is 0 Å². The standard InChI is InChI=1S/C13H11F4N3O/c14-9-4-3-8(18)6-10(9)19-12(21)11-2-1-5-20(11)7-13(15,16)17/h1-6H,7,18H2,(H,19,21). The summed E-state index contributed by atoms with van der Waals surface area (Å²) in [7, 11) is 0. The fraction of sp³-hybridized carbons (Fsp3) is 0.154. The van der Waals surface area contributed by atoms with Crippen LogP contribution < -0.4 is 11.1 Å². The van der Waals surface area contributed by atoms with Crippen molar-refractivity contribution in [3.63, 3.8) is 0 Å². The largest absolute Gasteiger partial charge is 0.406 e. The summed E-state index contributed by atoms with van der Waals surface area (Å²) >= 11 is 0. The Morgan fingerprint density at radius 2 is 2.00 bits per heavy atom. The van der Waals surface area contributed by atoms with Crippen molar-refractivity contribution < 1.29 is 22.4 Å². The monoisotopic (exact) mass is 301 g/mol. The van der Waals surface area contributed by atoms with Gasteiger partial charge >= 0.3 is 6.18 Å². The number of carbonyl (C=O) groups is 1. The fourth-order valence-electron chi connectivity index (χ4n) is 1.78. The van der Waals surface area contributed by atoms with Crippen molar-refractivity contribution >= 4 is 17.3 Å². The van der Waals surface area contributed by atoms with Crippen molar-refractivity contribution in [2.24, 2.45) is 0 Å². The summed E-state index contributed by atoms with van der Waals surface area (Å²) in [5, 5.41) is 2.20. The number of halogens is 4. The van der Waals surface area contributed by atoms with E-state index in [0.717, 1.165) is 16.8 Å². The topological polar surface area (TPSA) is 60.0 Å². The molecule has 112 valence electrons. The first-order valence-corrected chi connectivity index (χ1v) is 5.84. The van der Waals surface area contributed by atoms with Crippen LogP contribution in [0.15, 0.2) is 36.5 Å². The van der Waals surface area contributed by atoms with Gasteiger partial charge in [-0.3, -0.25) is 4.79 Å². The SMILES string of the molecule is Nc1ccc(F)c(NC(=O)c2cccn2CC(F)(F)F)c1. The highest BCUT2D eigenvalue weighted by molar-refractivity contribution is 6.03. The quantitative estimate of drug-likeness (QED) is 0.676. The van der Waals surface area contributed by atoms with Crippen LogP contribution in [0.4, 0.5) is 28.9 Å². The number of nitrogen functional groups attached to an aromatic ring is 1. The molecule has 0 radical (unpaired) electrons. The van der Waals surface area contributed by atoms with Gasteiger partial charge in [0.15, 0.2) is 0 Å². The average Bonchev–Trinajstić information content (AvgIpc) is 2.79. The third-order valence-electron chi connectivity index (χ3n) is 2.65. The van der Waals surface area contributed by atoms with Crippen LogP contribution in [0, 0.1) is 5.82 Å². The fourth-order valence-corrected chi connectivity index (χ4v) is 1.78. The molecular weight excluding hydrogens is 290 g/mol. The normalized spacial score (nSPS) is 11.4. The lowest BCUT2D eigenvalue weighted by Gasteiger charge is -2.12. The zero-order chi connectivity index (χ0) is 15.6. The number of amides is 1. The third-order valence-corrected chi connectivity index (χ3v) is 2.65. The van der Waals surface area contributed by atoms with Crippen molar-refractivity contribution in [2.45, 2.75) is 12.7 Å². The number of anilines is 2. The maximum absolute atomic E-state index is 13.5. The maximum atomic E-state index is 13.5. The van der Waals surface area contributed by atoms with E-state index in [1.165, 1.54) is 24.3 Å². The van der Waals surface area contributed by atoms with E-state index in [1.807, 2.05) is 0 Å². The van der Waals surface area contributed by atoms with Crippen LogP contribution >= 0.6 is 0 Å². The van der Waals surface area contributed by atoms with Gasteiger partial charge in [0.1, 0.15) is 18.1 Å². The van der Waals surface area contributed by atoms with E-state index in [1.54, 1.807) is 0 Å². The van der Waals surface area contributed by atoms with E-state index in [0.29, 0.717) is 0 Å². The molecule has 1 heterocycles. The molecule has 0 aliphatic rings. The first-order chi connectivity index (χ1) is 9.76. The van der Waals surface area contributed by atoms with Crippen molar-refractivity contribution in [3.8, 4) is 0 Å². The van der Waals surface area contributed by atoms with Gasteiger partial charge in [-0.15, -0.1) is 0 Å². The van der Waals surface area contributed by atoms with E-state index in [4.69, 9.17) is 5.73 Å². The van der Waals surface area contributed by atoms with Gasteiger partial charge in [0.2, 0.25) is 0 Å². The van der Waals surface area contributed by atoms with E-state index in [-0.39, 0.29) is 17.1 Å². The third kappa shape index (κ3) is 3.74. The number of nitrogens with two attached hydrogens (primary N) is 1. The molecule has 1 aromatic heterocycles. The smallest absolute Gasteiger partial charge is 0.399 e. The molecule has 0 aliphatic carbocycles. The summed E-state index contributed by atoms with van der Waals surface area (Å²) < 4.78 is 51.4. The summed E-state index contributed by atoms with van der Waals surface area (Å²) in [6, 6.07) is 6.06. The number of benzene rings is 1. The minimum atomic E-state index is -4.46. The molecular formula is C13H11F4N3O. The van der Waals surface area contributed by atoms with Crippen molar-refractivity contribution in [2.75, 3.05) is 11.1 Å². The average molecular weight is 301 g/mol.